The van der Waals surface area contributed by atoms with Crippen LogP contribution < -0.4 is 4.74 Å². The second-order valence-corrected chi connectivity index (χ2v) is 9.44. The van der Waals surface area contributed by atoms with E-state index in [-0.39, 0.29) is 12.4 Å². The van der Waals surface area contributed by atoms with Crippen molar-refractivity contribution in [1.82, 2.24) is 4.98 Å². The highest BCUT2D eigenvalue weighted by Crippen LogP contribution is 2.35. The van der Waals surface area contributed by atoms with E-state index in [1.807, 2.05) is 37.3 Å². The van der Waals surface area contributed by atoms with Crippen molar-refractivity contribution in [2.75, 3.05) is 6.61 Å². The van der Waals surface area contributed by atoms with Crippen LogP contribution in [0, 0.1) is 6.92 Å². The highest BCUT2D eigenvalue weighted by Gasteiger charge is 2.30. The molecule has 2 aromatic carbocycles. The third kappa shape index (κ3) is 7.79. The number of nitrogens with zero attached hydrogens (tertiary/aromatic N) is 1. The highest BCUT2D eigenvalue weighted by atomic mass is 35.5. The lowest BCUT2D eigenvalue weighted by Gasteiger charge is -2.09. The molecule has 0 aliphatic heterocycles. The summed E-state index contributed by atoms with van der Waals surface area (Å²) in [6.07, 6.45) is 0.421. The van der Waals surface area contributed by atoms with Crippen LogP contribution in [0.1, 0.15) is 28.0 Å². The molecular weight excluding hydrogens is 539 g/mol. The summed E-state index contributed by atoms with van der Waals surface area (Å²) >= 11 is 1.58. The Balaban J connectivity index is 0.00000400. The van der Waals surface area contributed by atoms with E-state index in [9.17, 15) is 18.0 Å². The first kappa shape index (κ1) is 29.1. The van der Waals surface area contributed by atoms with Crippen LogP contribution in [0.3, 0.4) is 0 Å². The van der Waals surface area contributed by atoms with Crippen molar-refractivity contribution in [3.05, 3.63) is 101 Å². The van der Waals surface area contributed by atoms with Gasteiger partial charge in [0.2, 0.25) is 0 Å². The Morgan fingerprint density at radius 2 is 1.74 bits per heavy atom. The average molecular weight is 564 g/mol. The summed E-state index contributed by atoms with van der Waals surface area (Å²) in [5.74, 6) is 1.35. The second kappa shape index (κ2) is 12.9. The van der Waals surface area contributed by atoms with Gasteiger partial charge >= 0.3 is 12.1 Å². The average Bonchev–Trinajstić information content (AvgIpc) is 3.29. The Hall–Kier alpha value is -3.43. The zero-order valence-corrected chi connectivity index (χ0v) is 22.0. The third-order valence-electron chi connectivity index (χ3n) is 5.68. The van der Waals surface area contributed by atoms with Gasteiger partial charge in [-0.25, -0.2) is 4.79 Å². The Morgan fingerprint density at radius 3 is 2.37 bits per heavy atom. The number of ether oxygens (including phenoxy) is 1. The fraction of sp³-hybridized carbons (Fsp3) is 0.214. The number of aromatic nitrogens is 1. The lowest BCUT2D eigenvalue weighted by Crippen LogP contribution is -2.09. The van der Waals surface area contributed by atoms with E-state index in [1.165, 1.54) is 12.1 Å². The number of carboxylic acid groups (broad SMARTS) is 1. The Morgan fingerprint density at radius 1 is 1.03 bits per heavy atom. The zero-order chi connectivity index (χ0) is 26.4. The molecule has 0 bridgehead atoms. The number of furan rings is 1. The van der Waals surface area contributed by atoms with Crippen molar-refractivity contribution >= 4 is 30.1 Å². The van der Waals surface area contributed by atoms with Gasteiger partial charge in [0.05, 0.1) is 5.56 Å². The number of aliphatic carboxylic acids is 1. The molecule has 0 atom stereocenters. The Bertz CT molecular complexity index is 1360. The second-order valence-electron chi connectivity index (χ2n) is 8.39. The van der Waals surface area contributed by atoms with Gasteiger partial charge in [-0.3, -0.25) is 4.98 Å². The van der Waals surface area contributed by atoms with Gasteiger partial charge in [-0.2, -0.15) is 13.2 Å². The number of alkyl halides is 3. The zero-order valence-electron chi connectivity index (χ0n) is 20.3. The van der Waals surface area contributed by atoms with Crippen LogP contribution in [0.15, 0.2) is 82.4 Å². The van der Waals surface area contributed by atoms with Crippen LogP contribution >= 0.6 is 24.2 Å². The minimum absolute atomic E-state index is 0. The topological polar surface area (TPSA) is 72.6 Å². The normalized spacial score (nSPS) is 11.2. The van der Waals surface area contributed by atoms with Crippen LogP contribution in [0.25, 0.3) is 11.3 Å². The number of carbonyl (C=O) groups is 1. The summed E-state index contributed by atoms with van der Waals surface area (Å²) < 4.78 is 50.4. The molecule has 38 heavy (non-hydrogen) atoms. The van der Waals surface area contributed by atoms with Gasteiger partial charge < -0.3 is 14.3 Å². The number of rotatable bonds is 10. The monoisotopic (exact) mass is 563 g/mol. The van der Waals surface area contributed by atoms with E-state index < -0.39 is 24.3 Å². The number of aryl methyl sites for hydroxylation is 3. The summed E-state index contributed by atoms with van der Waals surface area (Å²) in [5, 5.41) is 8.82. The van der Waals surface area contributed by atoms with Gasteiger partial charge in [-0.15, -0.1) is 24.2 Å². The summed E-state index contributed by atoms with van der Waals surface area (Å²) in [5.41, 5.74) is 2.75. The molecule has 0 spiro atoms. The minimum Gasteiger partial charge on any atom is -0.482 e. The standard InChI is InChI=1S/C28H24F3NO4S.ClH/c1-18-14-23(7-9-24(18)35-16-27(33)34)37-17-21-15-26(20-3-5-22(6-4-20)28(29,30)31)36-25(21)8-2-19-10-12-32-13-11-19;/h3-7,9-15H,2,8,16-17H2,1H3,(H,33,34);1H. The minimum atomic E-state index is -4.40. The van der Waals surface area contributed by atoms with Crippen LogP contribution in [0.2, 0.25) is 0 Å². The van der Waals surface area contributed by atoms with Crippen LogP contribution in [0.5, 0.6) is 5.75 Å². The number of thioether (sulfide) groups is 1. The summed E-state index contributed by atoms with van der Waals surface area (Å²) in [6, 6.07) is 16.2. The molecule has 0 amide bonds. The molecule has 0 saturated carbocycles. The van der Waals surface area contributed by atoms with Crippen LogP contribution in [-0.2, 0) is 29.6 Å². The highest BCUT2D eigenvalue weighted by molar-refractivity contribution is 7.98. The molecule has 0 aliphatic carbocycles. The van der Waals surface area contributed by atoms with Crippen molar-refractivity contribution in [3.63, 3.8) is 0 Å². The number of hydrogen-bond donors (Lipinski definition) is 1. The van der Waals surface area contributed by atoms with Crippen molar-refractivity contribution in [1.29, 1.82) is 0 Å². The van der Waals surface area contributed by atoms with Gasteiger partial charge in [0.15, 0.2) is 6.61 Å². The first-order valence-electron chi connectivity index (χ1n) is 11.4. The fourth-order valence-corrected chi connectivity index (χ4v) is 4.74. The predicted molar refractivity (Wildman–Crippen MR) is 142 cm³/mol. The molecule has 4 aromatic rings. The maximum absolute atomic E-state index is 13.0. The molecule has 0 fully saturated rings. The SMILES string of the molecule is Cc1cc(SCc2cc(-c3ccc(C(F)(F)F)cc3)oc2CCc2ccncc2)ccc1OCC(=O)O.Cl. The lowest BCUT2D eigenvalue weighted by molar-refractivity contribution is -0.139. The van der Waals surface area contributed by atoms with Gasteiger partial charge in [0.25, 0.3) is 0 Å². The number of carboxylic acids is 1. The Labute approximate surface area is 228 Å². The number of benzene rings is 2. The lowest BCUT2D eigenvalue weighted by atomic mass is 10.1. The van der Waals surface area contributed by atoms with Gasteiger partial charge in [-0.1, -0.05) is 12.1 Å². The first-order chi connectivity index (χ1) is 17.7. The quantitative estimate of drug-likeness (QED) is 0.200. The van der Waals surface area contributed by atoms with Crippen molar-refractivity contribution in [2.45, 2.75) is 36.6 Å². The predicted octanol–water partition coefficient (Wildman–Crippen LogP) is 7.63. The van der Waals surface area contributed by atoms with Crippen molar-refractivity contribution < 1.29 is 32.2 Å². The number of halogens is 4. The van der Waals surface area contributed by atoms with Gasteiger partial charge in [-0.05, 0) is 73.0 Å². The number of hydrogen-bond acceptors (Lipinski definition) is 5. The van der Waals surface area contributed by atoms with E-state index in [4.69, 9.17) is 14.3 Å². The van der Waals surface area contributed by atoms with E-state index in [0.717, 1.165) is 45.9 Å². The molecule has 2 aromatic heterocycles. The van der Waals surface area contributed by atoms with E-state index >= 15 is 0 Å². The maximum Gasteiger partial charge on any atom is 0.416 e. The molecule has 0 saturated heterocycles. The summed E-state index contributed by atoms with van der Waals surface area (Å²) in [4.78, 5) is 15.8. The van der Waals surface area contributed by atoms with E-state index in [0.29, 0.717) is 29.2 Å². The van der Waals surface area contributed by atoms with Crippen molar-refractivity contribution in [3.8, 4) is 17.1 Å². The van der Waals surface area contributed by atoms with Gasteiger partial charge in [0.1, 0.15) is 17.3 Å². The molecule has 2 heterocycles. The molecule has 200 valence electrons. The van der Waals surface area contributed by atoms with Crippen LogP contribution in [-0.4, -0.2) is 22.7 Å². The van der Waals surface area contributed by atoms with Crippen molar-refractivity contribution in [2.24, 2.45) is 0 Å². The molecule has 4 rings (SSSR count). The van der Waals surface area contributed by atoms with Crippen LogP contribution in [0.4, 0.5) is 13.2 Å². The van der Waals surface area contributed by atoms with Gasteiger partial charge in [0, 0.05) is 40.6 Å². The molecule has 0 radical (unpaired) electrons. The first-order valence-corrected chi connectivity index (χ1v) is 12.4. The molecule has 5 nitrogen and oxygen atoms in total. The smallest absolute Gasteiger partial charge is 0.416 e. The number of pyridine rings is 1. The van der Waals surface area contributed by atoms with E-state index in [2.05, 4.69) is 4.98 Å². The molecule has 0 unspecified atom stereocenters. The Kier molecular flexibility index (Phi) is 9.88. The molecular formula is C28H25ClF3NO4S. The fourth-order valence-electron chi connectivity index (χ4n) is 3.75. The third-order valence-corrected chi connectivity index (χ3v) is 6.72. The molecule has 10 heteroatoms. The molecule has 1 N–H and O–H groups in total. The summed E-state index contributed by atoms with van der Waals surface area (Å²) in [6.45, 7) is 1.44. The summed E-state index contributed by atoms with van der Waals surface area (Å²) in [7, 11) is 0. The van der Waals surface area contributed by atoms with E-state index in [1.54, 1.807) is 30.2 Å². The maximum atomic E-state index is 13.0. The molecule has 0 aliphatic rings. The largest absolute Gasteiger partial charge is 0.482 e.